The van der Waals surface area contributed by atoms with Gasteiger partial charge in [-0.3, -0.25) is 9.59 Å². The van der Waals surface area contributed by atoms with Gasteiger partial charge in [-0.1, -0.05) is 13.8 Å². The Morgan fingerprint density at radius 2 is 2.03 bits per heavy atom. The molecule has 198 valence electrons. The topological polar surface area (TPSA) is 91.0 Å². The summed E-state index contributed by atoms with van der Waals surface area (Å²) in [7, 11) is 1.75. The second-order valence-electron chi connectivity index (χ2n) is 12.3. The molecule has 0 saturated heterocycles. The number of rotatable bonds is 3. The minimum absolute atomic E-state index is 0.0466. The van der Waals surface area contributed by atoms with Crippen molar-refractivity contribution in [3.05, 3.63) is 34.5 Å². The molecular weight excluding hydrogens is 537 g/mol. The van der Waals surface area contributed by atoms with E-state index in [2.05, 4.69) is 50.0 Å². The zero-order valence-electron chi connectivity index (χ0n) is 21.9. The van der Waals surface area contributed by atoms with Crippen molar-refractivity contribution in [1.29, 1.82) is 0 Å². The number of halogens is 2. The van der Waals surface area contributed by atoms with Crippen LogP contribution < -0.4 is 5.32 Å². The Hall–Kier alpha value is -2.29. The van der Waals surface area contributed by atoms with Crippen LogP contribution in [0.15, 0.2) is 28.6 Å². The maximum Gasteiger partial charge on any atom is 0.282 e. The number of nitrogens with one attached hydrogen (secondary N) is 2. The second kappa shape index (κ2) is 8.61. The van der Waals surface area contributed by atoms with Gasteiger partial charge in [-0.15, -0.1) is 0 Å². The first-order valence-corrected chi connectivity index (χ1v) is 14.3. The number of nitrogens with zero attached hydrogens (tertiary/aromatic N) is 3. The van der Waals surface area contributed by atoms with Gasteiger partial charge in [0.1, 0.15) is 5.82 Å². The molecule has 2 N–H and O–H groups in total. The molecule has 3 fully saturated rings. The fourth-order valence-electron chi connectivity index (χ4n) is 8.74. The predicted molar refractivity (Wildman–Crippen MR) is 142 cm³/mol. The fraction of sp³-hybridized carbons (Fsp3) is 0.643. The lowest BCUT2D eigenvalue weighted by molar-refractivity contribution is -0.145. The van der Waals surface area contributed by atoms with Crippen LogP contribution >= 0.6 is 15.9 Å². The lowest BCUT2D eigenvalue weighted by Crippen LogP contribution is -2.60. The van der Waals surface area contributed by atoms with Crippen LogP contribution in [0.25, 0.3) is 11.2 Å². The lowest BCUT2D eigenvalue weighted by Gasteiger charge is -2.60. The summed E-state index contributed by atoms with van der Waals surface area (Å²) in [6.45, 7) is 6.42. The van der Waals surface area contributed by atoms with E-state index in [-0.39, 0.29) is 34.7 Å². The van der Waals surface area contributed by atoms with Gasteiger partial charge in [-0.2, -0.15) is 0 Å². The van der Waals surface area contributed by atoms with Gasteiger partial charge in [-0.05, 0) is 96.7 Å². The molecule has 37 heavy (non-hydrogen) atoms. The highest BCUT2D eigenvalue weighted by Crippen LogP contribution is 2.65. The minimum Gasteiger partial charge on any atom is -0.346 e. The zero-order valence-corrected chi connectivity index (χ0v) is 23.4. The molecule has 4 aliphatic rings. The second-order valence-corrected chi connectivity index (χ2v) is 13.2. The monoisotopic (exact) mass is 571 g/mol. The number of imidazole rings is 1. The molecule has 0 radical (unpaired) electrons. The Balaban J connectivity index is 1.20. The van der Waals surface area contributed by atoms with Crippen molar-refractivity contribution >= 4 is 38.9 Å². The van der Waals surface area contributed by atoms with Crippen LogP contribution in [0.3, 0.4) is 0 Å². The molecule has 7 nitrogen and oxygen atoms in total. The first-order valence-electron chi connectivity index (χ1n) is 13.5. The van der Waals surface area contributed by atoms with E-state index >= 15 is 0 Å². The Kier molecular flexibility index (Phi) is 5.82. The molecule has 3 heterocycles. The number of aromatic amines is 1. The first-order chi connectivity index (χ1) is 17.5. The number of carbonyl (C=O) groups excluding carboxylic acids is 2. The molecule has 3 aliphatic carbocycles. The van der Waals surface area contributed by atoms with Crippen molar-refractivity contribution in [2.75, 3.05) is 7.05 Å². The van der Waals surface area contributed by atoms with Gasteiger partial charge in [0.2, 0.25) is 5.91 Å². The molecule has 0 spiro atoms. The molecule has 8 atom stereocenters. The number of hydrogen-bond acceptors (Lipinski definition) is 4. The van der Waals surface area contributed by atoms with Crippen molar-refractivity contribution in [3.63, 3.8) is 0 Å². The summed E-state index contributed by atoms with van der Waals surface area (Å²) >= 11 is 3.44. The highest BCUT2D eigenvalue weighted by Gasteiger charge is 2.62. The van der Waals surface area contributed by atoms with E-state index in [1.54, 1.807) is 24.2 Å². The van der Waals surface area contributed by atoms with Gasteiger partial charge in [0, 0.05) is 35.1 Å². The third-order valence-electron chi connectivity index (χ3n) is 10.6. The summed E-state index contributed by atoms with van der Waals surface area (Å²) < 4.78 is 15.5. The van der Waals surface area contributed by atoms with Crippen molar-refractivity contribution in [2.24, 2.45) is 34.5 Å². The maximum absolute atomic E-state index is 14.7. The average Bonchev–Trinajstić information content (AvgIpc) is 3.43. The van der Waals surface area contributed by atoms with Gasteiger partial charge in [0.25, 0.3) is 5.91 Å². The Bertz CT molecular complexity index is 1310. The highest BCUT2D eigenvalue weighted by molar-refractivity contribution is 9.10. The Morgan fingerprint density at radius 3 is 2.81 bits per heavy atom. The number of amides is 2. The summed E-state index contributed by atoms with van der Waals surface area (Å²) in [6.07, 6.45) is 9.08. The van der Waals surface area contributed by atoms with E-state index in [0.29, 0.717) is 29.2 Å². The van der Waals surface area contributed by atoms with Gasteiger partial charge in [0.05, 0.1) is 11.6 Å². The van der Waals surface area contributed by atoms with Crippen molar-refractivity contribution < 1.29 is 14.0 Å². The number of likely N-dealkylation sites (N-methyl/N-ethyl adjacent to an activating group) is 1. The fourth-order valence-corrected chi connectivity index (χ4v) is 9.07. The number of pyridine rings is 1. The largest absolute Gasteiger partial charge is 0.346 e. The van der Waals surface area contributed by atoms with Crippen molar-refractivity contribution in [3.8, 4) is 0 Å². The zero-order chi connectivity index (χ0) is 26.3. The van der Waals surface area contributed by atoms with Crippen molar-refractivity contribution in [2.45, 2.75) is 71.4 Å². The molecule has 2 amide bonds. The van der Waals surface area contributed by atoms with Crippen LogP contribution in [0, 0.1) is 34.5 Å². The van der Waals surface area contributed by atoms with E-state index < -0.39 is 11.7 Å². The summed E-state index contributed by atoms with van der Waals surface area (Å²) in [6, 6.07) is 1.73. The van der Waals surface area contributed by atoms with E-state index in [0.717, 1.165) is 48.5 Å². The van der Waals surface area contributed by atoms with Crippen LogP contribution in [0.1, 0.15) is 71.2 Å². The number of hydrogen-bond donors (Lipinski definition) is 2. The van der Waals surface area contributed by atoms with Crippen LogP contribution in [0.4, 0.5) is 4.39 Å². The summed E-state index contributed by atoms with van der Waals surface area (Å²) in [5.41, 5.74) is 1.04. The summed E-state index contributed by atoms with van der Waals surface area (Å²) in [4.78, 5) is 39.8. The number of H-pyrrole nitrogens is 1. The molecule has 0 aromatic carbocycles. The molecular formula is C28H35BrFN5O2. The van der Waals surface area contributed by atoms with E-state index in [1.807, 2.05) is 13.0 Å². The van der Waals surface area contributed by atoms with Gasteiger partial charge in [-0.25, -0.2) is 14.4 Å². The number of aromatic nitrogens is 3. The minimum atomic E-state index is -0.610. The third kappa shape index (κ3) is 3.70. The Labute approximate surface area is 225 Å². The van der Waals surface area contributed by atoms with Crippen LogP contribution in [-0.2, 0) is 9.59 Å². The highest BCUT2D eigenvalue weighted by atomic mass is 79.9. The van der Waals surface area contributed by atoms with Crippen LogP contribution in [0.2, 0.25) is 0 Å². The lowest BCUT2D eigenvalue weighted by atomic mass is 9.47. The molecule has 6 rings (SSSR count). The summed E-state index contributed by atoms with van der Waals surface area (Å²) in [5, 5.41) is 3.24. The molecule has 3 saturated carbocycles. The van der Waals surface area contributed by atoms with E-state index in [1.165, 1.54) is 0 Å². The smallest absolute Gasteiger partial charge is 0.282 e. The average molecular weight is 573 g/mol. The number of fused-ring (bicyclic) bond motifs is 6. The maximum atomic E-state index is 14.7. The van der Waals surface area contributed by atoms with Gasteiger partial charge in [0.15, 0.2) is 11.5 Å². The first kappa shape index (κ1) is 25.0. The normalized spacial score (nSPS) is 38.0. The van der Waals surface area contributed by atoms with Gasteiger partial charge >= 0.3 is 0 Å². The van der Waals surface area contributed by atoms with Crippen LogP contribution in [0.5, 0.6) is 0 Å². The quantitative estimate of drug-likeness (QED) is 0.512. The third-order valence-corrected chi connectivity index (χ3v) is 11.0. The van der Waals surface area contributed by atoms with E-state index in [9.17, 15) is 14.0 Å². The predicted octanol–water partition coefficient (Wildman–Crippen LogP) is 5.45. The van der Waals surface area contributed by atoms with Crippen molar-refractivity contribution in [1.82, 2.24) is 25.2 Å². The molecule has 1 aliphatic heterocycles. The molecule has 2 aromatic rings. The molecule has 0 bridgehead atoms. The SMILES string of the molecule is C[C@H](NC(=O)[C@H]1CCC2C3CCC4N(C)C(=O)C(F)=CC4(C)C3CCC21C)c1nc2ncc(Br)cc2[nH]1. The number of carbonyl (C=O) groups is 2. The van der Waals surface area contributed by atoms with E-state index in [4.69, 9.17) is 0 Å². The summed E-state index contributed by atoms with van der Waals surface area (Å²) in [5.74, 6) is 0.859. The molecule has 6 unspecified atom stereocenters. The Morgan fingerprint density at radius 1 is 1.24 bits per heavy atom. The molecule has 2 aromatic heterocycles. The standard InChI is InChI=1S/C28H35BrFN5O2/c1-14(23-33-21-11-15(29)13-31-24(21)34-23)32-25(36)19-7-6-17-16-5-8-22-28(3,12-20(30)26(37)35(22)4)18(16)9-10-27(17,19)2/h11-14,16-19,22H,5-10H2,1-4H3,(H,32,36)(H,31,33,34)/t14-,16?,17?,18?,19+,22?,27?,28?/m0/s1. The van der Waals surface area contributed by atoms with Crippen LogP contribution in [-0.4, -0.2) is 44.8 Å². The molecule has 9 heteroatoms. The van der Waals surface area contributed by atoms with Gasteiger partial charge < -0.3 is 15.2 Å².